The molecule has 2 rings (SSSR count). The van der Waals surface area contributed by atoms with Crippen LogP contribution in [0.4, 0.5) is 4.39 Å². The smallest absolute Gasteiger partial charge is 0.129 e. The van der Waals surface area contributed by atoms with Crippen LogP contribution in [0, 0.1) is 11.7 Å². The van der Waals surface area contributed by atoms with Crippen LogP contribution in [0.25, 0.3) is 0 Å². The van der Waals surface area contributed by atoms with Crippen molar-refractivity contribution in [2.24, 2.45) is 5.92 Å². The fourth-order valence-electron chi connectivity index (χ4n) is 1.93. The largest absolute Gasteiger partial charge is 0.310 e. The van der Waals surface area contributed by atoms with Crippen molar-refractivity contribution in [1.29, 1.82) is 0 Å². The lowest BCUT2D eigenvalue weighted by molar-refractivity contribution is 0.468. The van der Waals surface area contributed by atoms with Gasteiger partial charge >= 0.3 is 0 Å². The Morgan fingerprint density at radius 2 is 2.27 bits per heavy atom. The second-order valence-electron chi connectivity index (χ2n) is 4.04. The minimum Gasteiger partial charge on any atom is -0.310 e. The normalized spacial score (nSPS) is 17.8. The first-order valence-corrected chi connectivity index (χ1v) is 6.20. The maximum Gasteiger partial charge on any atom is 0.129 e. The van der Waals surface area contributed by atoms with Crippen LogP contribution >= 0.6 is 15.9 Å². The van der Waals surface area contributed by atoms with Crippen molar-refractivity contribution in [1.82, 2.24) is 5.32 Å². The Kier molecular flexibility index (Phi) is 3.42. The van der Waals surface area contributed by atoms with Gasteiger partial charge in [0.25, 0.3) is 0 Å². The highest BCUT2D eigenvalue weighted by Crippen LogP contribution is 2.41. The van der Waals surface area contributed by atoms with E-state index in [1.165, 1.54) is 12.8 Å². The van der Waals surface area contributed by atoms with E-state index in [1.54, 1.807) is 6.07 Å². The van der Waals surface area contributed by atoms with Gasteiger partial charge in [0.15, 0.2) is 0 Å². The first-order valence-electron chi connectivity index (χ1n) is 5.40. The molecule has 1 atom stereocenters. The van der Waals surface area contributed by atoms with E-state index in [1.807, 2.05) is 12.1 Å². The summed E-state index contributed by atoms with van der Waals surface area (Å²) in [4.78, 5) is 0. The quantitative estimate of drug-likeness (QED) is 0.882. The highest BCUT2D eigenvalue weighted by Gasteiger charge is 2.33. The average molecular weight is 272 g/mol. The van der Waals surface area contributed by atoms with Crippen LogP contribution in [0.2, 0.25) is 0 Å². The predicted octanol–water partition coefficient (Wildman–Crippen LogP) is 3.65. The van der Waals surface area contributed by atoms with E-state index in [2.05, 4.69) is 28.2 Å². The minimum atomic E-state index is -0.109. The summed E-state index contributed by atoms with van der Waals surface area (Å²) in [6, 6.07) is 5.53. The molecule has 1 aliphatic rings. The van der Waals surface area contributed by atoms with Crippen LogP contribution in [-0.2, 0) is 0 Å². The van der Waals surface area contributed by atoms with Crippen LogP contribution in [0.1, 0.15) is 31.4 Å². The van der Waals surface area contributed by atoms with Gasteiger partial charge in [0, 0.05) is 16.1 Å². The lowest BCUT2D eigenvalue weighted by Gasteiger charge is -2.18. The second-order valence-corrected chi connectivity index (χ2v) is 4.95. The molecule has 1 unspecified atom stereocenters. The van der Waals surface area contributed by atoms with Gasteiger partial charge in [-0.1, -0.05) is 28.9 Å². The van der Waals surface area contributed by atoms with Crippen molar-refractivity contribution < 1.29 is 4.39 Å². The third-order valence-electron chi connectivity index (χ3n) is 2.82. The summed E-state index contributed by atoms with van der Waals surface area (Å²) in [5, 5.41) is 3.37. The van der Waals surface area contributed by atoms with Crippen LogP contribution < -0.4 is 5.32 Å². The monoisotopic (exact) mass is 271 g/mol. The molecule has 1 aromatic rings. The summed E-state index contributed by atoms with van der Waals surface area (Å²) in [6.45, 7) is 2.95. The highest BCUT2D eigenvalue weighted by atomic mass is 79.9. The Labute approximate surface area is 98.2 Å². The molecular formula is C12H15BrFN. The van der Waals surface area contributed by atoms with E-state index < -0.39 is 0 Å². The SMILES string of the molecule is CCNC(c1ccc(Br)cc1F)C1CC1. The number of halogens is 2. The summed E-state index contributed by atoms with van der Waals surface area (Å²) in [5.74, 6) is 0.517. The summed E-state index contributed by atoms with van der Waals surface area (Å²) >= 11 is 3.28. The van der Waals surface area contributed by atoms with Gasteiger partial charge in [-0.3, -0.25) is 0 Å². The zero-order valence-corrected chi connectivity index (χ0v) is 10.3. The number of rotatable bonds is 4. The molecular weight excluding hydrogens is 257 g/mol. The fraction of sp³-hybridized carbons (Fsp3) is 0.500. The molecule has 15 heavy (non-hydrogen) atoms. The molecule has 1 aromatic carbocycles. The maximum atomic E-state index is 13.7. The Balaban J connectivity index is 2.24. The van der Waals surface area contributed by atoms with Gasteiger partial charge < -0.3 is 5.32 Å². The van der Waals surface area contributed by atoms with Gasteiger partial charge in [0.1, 0.15) is 5.82 Å². The second kappa shape index (κ2) is 4.62. The molecule has 1 fully saturated rings. The number of nitrogens with one attached hydrogen (secondary N) is 1. The zero-order valence-electron chi connectivity index (χ0n) is 8.76. The number of hydrogen-bond acceptors (Lipinski definition) is 1. The molecule has 1 nitrogen and oxygen atoms in total. The van der Waals surface area contributed by atoms with Gasteiger partial charge in [-0.05, 0) is 37.4 Å². The molecule has 1 aliphatic carbocycles. The Morgan fingerprint density at radius 1 is 1.53 bits per heavy atom. The van der Waals surface area contributed by atoms with E-state index in [-0.39, 0.29) is 11.9 Å². The minimum absolute atomic E-state index is 0.109. The van der Waals surface area contributed by atoms with Gasteiger partial charge in [-0.2, -0.15) is 0 Å². The third kappa shape index (κ3) is 2.58. The fourth-order valence-corrected chi connectivity index (χ4v) is 2.27. The molecule has 0 saturated heterocycles. The standard InChI is InChI=1S/C12H15BrFN/c1-2-15-12(8-3-4-8)10-6-5-9(13)7-11(10)14/h5-8,12,15H,2-4H2,1H3. The molecule has 0 aromatic heterocycles. The molecule has 1 saturated carbocycles. The van der Waals surface area contributed by atoms with Gasteiger partial charge in [-0.15, -0.1) is 0 Å². The van der Waals surface area contributed by atoms with E-state index >= 15 is 0 Å². The number of benzene rings is 1. The molecule has 0 radical (unpaired) electrons. The topological polar surface area (TPSA) is 12.0 Å². The molecule has 1 N–H and O–H groups in total. The van der Waals surface area contributed by atoms with Crippen molar-refractivity contribution in [3.05, 3.63) is 34.1 Å². The van der Waals surface area contributed by atoms with Crippen molar-refractivity contribution in [2.45, 2.75) is 25.8 Å². The van der Waals surface area contributed by atoms with E-state index in [4.69, 9.17) is 0 Å². The van der Waals surface area contributed by atoms with Crippen LogP contribution in [-0.4, -0.2) is 6.54 Å². The Morgan fingerprint density at radius 3 is 2.80 bits per heavy atom. The van der Waals surface area contributed by atoms with Gasteiger partial charge in [-0.25, -0.2) is 4.39 Å². The van der Waals surface area contributed by atoms with E-state index in [0.29, 0.717) is 5.92 Å². The van der Waals surface area contributed by atoms with Crippen molar-refractivity contribution in [3.63, 3.8) is 0 Å². The van der Waals surface area contributed by atoms with Crippen molar-refractivity contribution in [3.8, 4) is 0 Å². The van der Waals surface area contributed by atoms with E-state index in [9.17, 15) is 4.39 Å². The van der Waals surface area contributed by atoms with Crippen LogP contribution in [0.15, 0.2) is 22.7 Å². The molecule has 0 spiro atoms. The summed E-state index contributed by atoms with van der Waals surface area (Å²) < 4.78 is 14.5. The Bertz CT molecular complexity index is 349. The molecule has 0 aliphatic heterocycles. The van der Waals surface area contributed by atoms with Crippen LogP contribution in [0.5, 0.6) is 0 Å². The first kappa shape index (κ1) is 11.1. The van der Waals surface area contributed by atoms with Gasteiger partial charge in [0.2, 0.25) is 0 Å². The Hall–Kier alpha value is -0.410. The predicted molar refractivity (Wildman–Crippen MR) is 63.2 cm³/mol. The molecule has 0 heterocycles. The first-order chi connectivity index (χ1) is 7.22. The van der Waals surface area contributed by atoms with Gasteiger partial charge in [0.05, 0.1) is 0 Å². The molecule has 0 amide bonds. The maximum absolute atomic E-state index is 13.7. The summed E-state index contributed by atoms with van der Waals surface area (Å²) in [7, 11) is 0. The highest BCUT2D eigenvalue weighted by molar-refractivity contribution is 9.10. The third-order valence-corrected chi connectivity index (χ3v) is 3.31. The molecule has 0 bridgehead atoms. The average Bonchev–Trinajstić information content (AvgIpc) is 2.98. The van der Waals surface area contributed by atoms with Crippen molar-refractivity contribution >= 4 is 15.9 Å². The summed E-state index contributed by atoms with van der Waals surface area (Å²) in [5.41, 5.74) is 0.808. The van der Waals surface area contributed by atoms with E-state index in [0.717, 1.165) is 16.6 Å². The summed E-state index contributed by atoms with van der Waals surface area (Å²) in [6.07, 6.45) is 2.43. The molecule has 3 heteroatoms. The zero-order chi connectivity index (χ0) is 10.8. The number of hydrogen-bond donors (Lipinski definition) is 1. The van der Waals surface area contributed by atoms with Crippen molar-refractivity contribution in [2.75, 3.05) is 6.54 Å². The lowest BCUT2D eigenvalue weighted by Crippen LogP contribution is -2.23. The van der Waals surface area contributed by atoms with Crippen LogP contribution in [0.3, 0.4) is 0 Å². The lowest BCUT2D eigenvalue weighted by atomic mass is 10.0. The molecule has 82 valence electrons.